The summed E-state index contributed by atoms with van der Waals surface area (Å²) in [5.74, 6) is 0.731. The predicted octanol–water partition coefficient (Wildman–Crippen LogP) is 7.79. The van der Waals surface area contributed by atoms with Crippen molar-refractivity contribution in [3.05, 3.63) is 57.6 Å². The van der Waals surface area contributed by atoms with E-state index in [0.717, 1.165) is 12.0 Å². The Kier molecular flexibility index (Phi) is 7.59. The summed E-state index contributed by atoms with van der Waals surface area (Å²) in [4.78, 5) is 0. The highest BCUT2D eigenvalue weighted by Gasteiger charge is 2.33. The Hall–Kier alpha value is -1.22. The molecule has 0 radical (unpaired) electrons. The fourth-order valence-electron chi connectivity index (χ4n) is 2.76. The molecule has 0 aliphatic heterocycles. The number of hydrogen-bond donors (Lipinski definition) is 0. The number of benzene rings is 1. The number of hydrogen-bond acceptors (Lipinski definition) is 0. The topological polar surface area (TPSA) is 0 Å². The zero-order valence-electron chi connectivity index (χ0n) is 15.0. The molecule has 0 fully saturated rings. The first-order valence-corrected chi connectivity index (χ1v) is 8.65. The normalized spacial score (nSPS) is 15.0. The van der Waals surface area contributed by atoms with E-state index in [1.165, 1.54) is 24.5 Å². The maximum absolute atomic E-state index is 12.4. The molecule has 0 spiro atoms. The molecule has 2 rings (SSSR count). The van der Waals surface area contributed by atoms with E-state index in [4.69, 9.17) is 11.6 Å². The first-order valence-electron chi connectivity index (χ1n) is 8.27. The molecule has 1 aromatic carbocycles. The number of halogens is 4. The summed E-state index contributed by atoms with van der Waals surface area (Å²) >= 11 is 5.67. The van der Waals surface area contributed by atoms with Crippen LogP contribution in [0.4, 0.5) is 13.2 Å². The first kappa shape index (κ1) is 20.8. The molecule has 0 atom stereocenters. The second-order valence-electron chi connectivity index (χ2n) is 6.67. The van der Waals surface area contributed by atoms with Crippen molar-refractivity contribution in [2.45, 2.75) is 59.6 Å². The molecule has 1 aliphatic rings. The van der Waals surface area contributed by atoms with E-state index in [1.54, 1.807) is 25.5 Å². The molecule has 4 heteroatoms. The van der Waals surface area contributed by atoms with Crippen molar-refractivity contribution in [2.24, 2.45) is 5.92 Å². The minimum atomic E-state index is -4.37. The molecule has 0 saturated carbocycles. The van der Waals surface area contributed by atoms with Crippen molar-refractivity contribution in [2.75, 3.05) is 0 Å². The van der Waals surface area contributed by atoms with E-state index >= 15 is 0 Å². The lowest BCUT2D eigenvalue weighted by atomic mass is 9.90. The van der Waals surface area contributed by atoms with E-state index in [-0.39, 0.29) is 10.9 Å². The third kappa shape index (κ3) is 5.70. The minimum Gasteiger partial charge on any atom is -0.166 e. The van der Waals surface area contributed by atoms with Crippen LogP contribution in [0.1, 0.15) is 64.5 Å². The quantitative estimate of drug-likeness (QED) is 0.506. The van der Waals surface area contributed by atoms with Crippen LogP contribution in [0.5, 0.6) is 0 Å². The second-order valence-corrected chi connectivity index (χ2v) is 7.04. The number of rotatable bonds is 2. The van der Waals surface area contributed by atoms with Gasteiger partial charge in [-0.2, -0.15) is 13.2 Å². The lowest BCUT2D eigenvalue weighted by molar-refractivity contribution is -0.137. The second kappa shape index (κ2) is 8.75. The standard InChI is InChI=1S/C10H10ClF3.C10H16/c1-6(2)7-4-3-5-8(9(7)11)10(12,13)14;1-8(2)10-7-5-4-6-9(10)3/h3-6H,1-2H3;4,6,8H,5,7H2,1-3H3. The molecule has 1 aromatic rings. The van der Waals surface area contributed by atoms with Gasteiger partial charge in [-0.1, -0.05) is 74.7 Å². The maximum Gasteiger partial charge on any atom is 0.417 e. The van der Waals surface area contributed by atoms with E-state index in [9.17, 15) is 13.2 Å². The number of allylic oxidation sites excluding steroid dienone is 4. The average Bonchev–Trinajstić information content (AvgIpc) is 2.46. The van der Waals surface area contributed by atoms with E-state index in [0.29, 0.717) is 5.56 Å². The van der Waals surface area contributed by atoms with E-state index < -0.39 is 11.7 Å². The van der Waals surface area contributed by atoms with Crippen LogP contribution in [0.3, 0.4) is 0 Å². The third-order valence-electron chi connectivity index (χ3n) is 4.11. The van der Waals surface area contributed by atoms with Crippen molar-refractivity contribution >= 4 is 11.6 Å². The van der Waals surface area contributed by atoms with Gasteiger partial charge in [0.1, 0.15) is 0 Å². The third-order valence-corrected chi connectivity index (χ3v) is 4.53. The van der Waals surface area contributed by atoms with Crippen LogP contribution in [-0.2, 0) is 6.18 Å². The fourth-order valence-corrected chi connectivity index (χ4v) is 3.21. The van der Waals surface area contributed by atoms with Gasteiger partial charge in [-0.3, -0.25) is 0 Å². The molecule has 0 amide bonds. The molecule has 24 heavy (non-hydrogen) atoms. The summed E-state index contributed by atoms with van der Waals surface area (Å²) in [5.41, 5.74) is 2.90. The van der Waals surface area contributed by atoms with Crippen LogP contribution in [0.25, 0.3) is 0 Å². The molecule has 1 aliphatic carbocycles. The zero-order chi connectivity index (χ0) is 18.5. The van der Waals surface area contributed by atoms with Crippen LogP contribution in [0, 0.1) is 5.92 Å². The van der Waals surface area contributed by atoms with Gasteiger partial charge in [0.15, 0.2) is 0 Å². The van der Waals surface area contributed by atoms with Crippen LogP contribution in [0.15, 0.2) is 41.5 Å². The molecule has 0 bridgehead atoms. The Bertz CT molecular complexity index is 608. The summed E-state index contributed by atoms with van der Waals surface area (Å²) < 4.78 is 37.2. The van der Waals surface area contributed by atoms with Crippen molar-refractivity contribution in [1.82, 2.24) is 0 Å². The Labute approximate surface area is 148 Å². The Morgan fingerprint density at radius 1 is 1.04 bits per heavy atom. The van der Waals surface area contributed by atoms with E-state index in [1.807, 2.05) is 0 Å². The Balaban J connectivity index is 0.000000254. The average molecular weight is 359 g/mol. The summed E-state index contributed by atoms with van der Waals surface area (Å²) in [5, 5.41) is -0.185. The first-order chi connectivity index (χ1) is 11.1. The summed E-state index contributed by atoms with van der Waals surface area (Å²) in [7, 11) is 0. The maximum atomic E-state index is 12.4. The van der Waals surface area contributed by atoms with Gasteiger partial charge < -0.3 is 0 Å². The molecule has 0 saturated heterocycles. The van der Waals surface area contributed by atoms with Crippen molar-refractivity contribution in [3.63, 3.8) is 0 Å². The summed E-state index contributed by atoms with van der Waals surface area (Å²) in [6.45, 7) is 10.4. The summed E-state index contributed by atoms with van der Waals surface area (Å²) in [6, 6.07) is 3.99. The van der Waals surface area contributed by atoms with Crippen LogP contribution < -0.4 is 0 Å². The highest BCUT2D eigenvalue weighted by Crippen LogP contribution is 2.38. The van der Waals surface area contributed by atoms with Gasteiger partial charge in [0.05, 0.1) is 10.6 Å². The van der Waals surface area contributed by atoms with Crippen LogP contribution in [0.2, 0.25) is 5.02 Å². The van der Waals surface area contributed by atoms with Crippen LogP contribution >= 0.6 is 11.6 Å². The van der Waals surface area contributed by atoms with Gasteiger partial charge in [-0.05, 0) is 43.2 Å². The predicted molar refractivity (Wildman–Crippen MR) is 96.5 cm³/mol. The summed E-state index contributed by atoms with van der Waals surface area (Å²) in [6.07, 6.45) is 2.66. The lowest BCUT2D eigenvalue weighted by Gasteiger charge is -2.16. The van der Waals surface area contributed by atoms with Gasteiger partial charge in [0.25, 0.3) is 0 Å². The van der Waals surface area contributed by atoms with Crippen molar-refractivity contribution in [3.8, 4) is 0 Å². The highest BCUT2D eigenvalue weighted by molar-refractivity contribution is 6.32. The van der Waals surface area contributed by atoms with Gasteiger partial charge in [0, 0.05) is 0 Å². The van der Waals surface area contributed by atoms with Gasteiger partial charge in [-0.15, -0.1) is 0 Å². The molecule has 0 aromatic heterocycles. The Morgan fingerprint density at radius 2 is 1.67 bits per heavy atom. The highest BCUT2D eigenvalue weighted by atomic mass is 35.5. The SMILES string of the molecule is CC(C)c1cccc(C(F)(F)F)c1Cl.CC1=C(C(C)C)CCC=C1. The Morgan fingerprint density at radius 3 is 2.08 bits per heavy atom. The van der Waals surface area contributed by atoms with E-state index in [2.05, 4.69) is 32.9 Å². The van der Waals surface area contributed by atoms with Crippen LogP contribution in [-0.4, -0.2) is 0 Å². The molecule has 0 unspecified atom stereocenters. The molecule has 0 heterocycles. The molecular weight excluding hydrogens is 333 g/mol. The fraction of sp³-hybridized carbons (Fsp3) is 0.500. The molecule has 0 nitrogen and oxygen atoms in total. The largest absolute Gasteiger partial charge is 0.417 e. The molecule has 134 valence electrons. The monoisotopic (exact) mass is 358 g/mol. The molecule has 0 N–H and O–H groups in total. The van der Waals surface area contributed by atoms with Crippen molar-refractivity contribution in [1.29, 1.82) is 0 Å². The smallest absolute Gasteiger partial charge is 0.166 e. The van der Waals surface area contributed by atoms with Gasteiger partial charge >= 0.3 is 6.18 Å². The van der Waals surface area contributed by atoms with Gasteiger partial charge in [0.2, 0.25) is 0 Å². The lowest BCUT2D eigenvalue weighted by Crippen LogP contribution is -2.07. The van der Waals surface area contributed by atoms with Gasteiger partial charge in [-0.25, -0.2) is 0 Å². The zero-order valence-corrected chi connectivity index (χ0v) is 15.7. The minimum absolute atomic E-state index is 0.00944. The van der Waals surface area contributed by atoms with Crippen molar-refractivity contribution < 1.29 is 13.2 Å². The number of alkyl halides is 3. The molecular formula is C20H26ClF3.